The molecule has 17 heavy (non-hydrogen) atoms. The molecular weight excluding hydrogens is 264 g/mol. The van der Waals surface area contributed by atoms with Gasteiger partial charge in [0.2, 0.25) is 0 Å². The molecule has 0 saturated heterocycles. The Bertz CT molecular complexity index is 534. The molecule has 2 aromatic rings. The van der Waals surface area contributed by atoms with Gasteiger partial charge < -0.3 is 4.74 Å². The Kier molecular flexibility index (Phi) is 3.82. The van der Waals surface area contributed by atoms with Gasteiger partial charge in [-0.2, -0.15) is 0 Å². The van der Waals surface area contributed by atoms with Crippen molar-refractivity contribution in [2.45, 2.75) is 5.88 Å². The molecule has 0 atom stereocenters. The molecule has 1 heterocycles. The van der Waals surface area contributed by atoms with Gasteiger partial charge in [-0.05, 0) is 29.8 Å². The molecule has 1 aromatic heterocycles. The molecule has 0 aliphatic heterocycles. The zero-order valence-electron chi connectivity index (χ0n) is 8.66. The summed E-state index contributed by atoms with van der Waals surface area (Å²) in [6.07, 6.45) is 3.18. The van der Waals surface area contributed by atoms with Gasteiger partial charge in [0.25, 0.3) is 0 Å². The van der Waals surface area contributed by atoms with Gasteiger partial charge in [-0.15, -0.1) is 11.6 Å². The highest BCUT2D eigenvalue weighted by molar-refractivity contribution is 6.32. The van der Waals surface area contributed by atoms with Crippen LogP contribution in [0, 0.1) is 5.82 Å². The highest BCUT2D eigenvalue weighted by Crippen LogP contribution is 2.29. The Morgan fingerprint density at radius 1 is 1.24 bits per heavy atom. The summed E-state index contributed by atoms with van der Waals surface area (Å²) in [5, 5.41) is 0.210. The van der Waals surface area contributed by atoms with Crippen LogP contribution in [-0.4, -0.2) is 4.98 Å². The number of hydrogen-bond acceptors (Lipinski definition) is 2. The summed E-state index contributed by atoms with van der Waals surface area (Å²) in [4.78, 5) is 3.97. The van der Waals surface area contributed by atoms with Crippen LogP contribution in [0.25, 0.3) is 0 Å². The summed E-state index contributed by atoms with van der Waals surface area (Å²) in [5.41, 5.74) is 0.836. The zero-order chi connectivity index (χ0) is 12.3. The van der Waals surface area contributed by atoms with Gasteiger partial charge in [-0.1, -0.05) is 11.6 Å². The monoisotopic (exact) mass is 271 g/mol. The summed E-state index contributed by atoms with van der Waals surface area (Å²) in [5.74, 6) is 0.828. The molecule has 1 aromatic carbocycles. The average Bonchev–Trinajstić information content (AvgIpc) is 2.33. The summed E-state index contributed by atoms with van der Waals surface area (Å²) in [6, 6.07) is 5.68. The first-order valence-corrected chi connectivity index (χ1v) is 5.73. The number of alkyl halides is 1. The van der Waals surface area contributed by atoms with E-state index in [1.54, 1.807) is 12.3 Å². The van der Waals surface area contributed by atoms with E-state index in [4.69, 9.17) is 27.9 Å². The summed E-state index contributed by atoms with van der Waals surface area (Å²) in [6.45, 7) is 0. The zero-order valence-corrected chi connectivity index (χ0v) is 10.2. The first kappa shape index (κ1) is 12.1. The van der Waals surface area contributed by atoms with Crippen molar-refractivity contribution in [2.75, 3.05) is 0 Å². The Labute approximate surface area is 108 Å². The smallest absolute Gasteiger partial charge is 0.146 e. The van der Waals surface area contributed by atoms with Crippen LogP contribution in [0.5, 0.6) is 11.5 Å². The predicted molar refractivity (Wildman–Crippen MR) is 65.3 cm³/mol. The van der Waals surface area contributed by atoms with Crippen LogP contribution in [0.2, 0.25) is 5.02 Å². The van der Waals surface area contributed by atoms with Crippen molar-refractivity contribution >= 4 is 23.2 Å². The molecule has 0 N–H and O–H groups in total. The Hall–Kier alpha value is -1.32. The van der Waals surface area contributed by atoms with Gasteiger partial charge >= 0.3 is 0 Å². The molecular formula is C12H8Cl2FNO. The molecule has 0 spiro atoms. The molecule has 0 radical (unpaired) electrons. The molecule has 0 saturated carbocycles. The van der Waals surface area contributed by atoms with E-state index in [1.165, 1.54) is 24.4 Å². The van der Waals surface area contributed by atoms with E-state index in [0.717, 1.165) is 5.56 Å². The Morgan fingerprint density at radius 2 is 2.06 bits per heavy atom. The SMILES string of the molecule is Fc1ccc(Oc2cncc(CCl)c2)c(Cl)c1. The summed E-state index contributed by atoms with van der Waals surface area (Å²) < 4.78 is 18.3. The number of ether oxygens (including phenoxy) is 1. The summed E-state index contributed by atoms with van der Waals surface area (Å²) in [7, 11) is 0. The van der Waals surface area contributed by atoms with E-state index in [1.807, 2.05) is 0 Å². The molecule has 5 heteroatoms. The highest BCUT2D eigenvalue weighted by atomic mass is 35.5. The van der Waals surface area contributed by atoms with Crippen molar-refractivity contribution in [3.63, 3.8) is 0 Å². The maximum absolute atomic E-state index is 12.8. The van der Waals surface area contributed by atoms with Crippen LogP contribution >= 0.6 is 23.2 Å². The highest BCUT2D eigenvalue weighted by Gasteiger charge is 2.05. The molecule has 0 aliphatic carbocycles. The van der Waals surface area contributed by atoms with Crippen molar-refractivity contribution in [3.8, 4) is 11.5 Å². The van der Waals surface area contributed by atoms with Crippen molar-refractivity contribution in [1.82, 2.24) is 4.98 Å². The van der Waals surface area contributed by atoms with E-state index in [0.29, 0.717) is 17.4 Å². The minimum Gasteiger partial charge on any atom is -0.454 e. The Balaban J connectivity index is 2.25. The van der Waals surface area contributed by atoms with Gasteiger partial charge in [0.1, 0.15) is 17.3 Å². The fourth-order valence-electron chi connectivity index (χ4n) is 1.28. The van der Waals surface area contributed by atoms with E-state index in [-0.39, 0.29) is 5.02 Å². The first-order valence-electron chi connectivity index (χ1n) is 4.82. The van der Waals surface area contributed by atoms with Crippen LogP contribution < -0.4 is 4.74 Å². The molecule has 2 nitrogen and oxygen atoms in total. The lowest BCUT2D eigenvalue weighted by atomic mass is 10.3. The quantitative estimate of drug-likeness (QED) is 0.772. The molecule has 0 unspecified atom stereocenters. The molecule has 0 bridgehead atoms. The van der Waals surface area contributed by atoms with Gasteiger partial charge in [0.15, 0.2) is 0 Å². The fourth-order valence-corrected chi connectivity index (χ4v) is 1.63. The van der Waals surface area contributed by atoms with Gasteiger partial charge in [-0.25, -0.2) is 4.39 Å². The van der Waals surface area contributed by atoms with Crippen molar-refractivity contribution in [1.29, 1.82) is 0 Å². The van der Waals surface area contributed by atoms with Crippen LogP contribution in [0.4, 0.5) is 4.39 Å². The average molecular weight is 272 g/mol. The third-order valence-corrected chi connectivity index (χ3v) is 2.65. The molecule has 0 aliphatic rings. The topological polar surface area (TPSA) is 22.1 Å². The normalized spacial score (nSPS) is 10.3. The maximum Gasteiger partial charge on any atom is 0.146 e. The molecule has 0 amide bonds. The second-order valence-corrected chi connectivity index (χ2v) is 4.01. The lowest BCUT2D eigenvalue weighted by Crippen LogP contribution is -1.89. The second-order valence-electron chi connectivity index (χ2n) is 3.34. The minimum absolute atomic E-state index is 0.210. The largest absolute Gasteiger partial charge is 0.454 e. The lowest BCUT2D eigenvalue weighted by Gasteiger charge is -2.07. The Morgan fingerprint density at radius 3 is 2.76 bits per heavy atom. The van der Waals surface area contributed by atoms with Crippen molar-refractivity contribution < 1.29 is 9.13 Å². The number of aromatic nitrogens is 1. The lowest BCUT2D eigenvalue weighted by molar-refractivity contribution is 0.478. The van der Waals surface area contributed by atoms with E-state index in [9.17, 15) is 4.39 Å². The van der Waals surface area contributed by atoms with Crippen LogP contribution in [0.15, 0.2) is 36.7 Å². The number of hydrogen-bond donors (Lipinski definition) is 0. The predicted octanol–water partition coefficient (Wildman–Crippen LogP) is 4.41. The summed E-state index contributed by atoms with van der Waals surface area (Å²) >= 11 is 11.5. The molecule has 0 fully saturated rings. The van der Waals surface area contributed by atoms with Crippen LogP contribution in [0.3, 0.4) is 0 Å². The van der Waals surface area contributed by atoms with E-state index >= 15 is 0 Å². The van der Waals surface area contributed by atoms with Crippen molar-refractivity contribution in [3.05, 3.63) is 53.1 Å². The van der Waals surface area contributed by atoms with Gasteiger partial charge in [0, 0.05) is 12.1 Å². The number of halogens is 3. The number of rotatable bonds is 3. The number of nitrogens with zero attached hydrogens (tertiary/aromatic N) is 1. The van der Waals surface area contributed by atoms with Crippen molar-refractivity contribution in [2.24, 2.45) is 0 Å². The molecule has 88 valence electrons. The van der Waals surface area contributed by atoms with E-state index < -0.39 is 5.82 Å². The third-order valence-electron chi connectivity index (χ3n) is 2.05. The van der Waals surface area contributed by atoms with Gasteiger partial charge in [-0.3, -0.25) is 4.98 Å². The number of benzene rings is 1. The standard InChI is InChI=1S/C12H8Cl2FNO/c13-5-8-3-10(7-16-6-8)17-12-2-1-9(15)4-11(12)14/h1-4,6-7H,5H2. The first-order chi connectivity index (χ1) is 8.19. The minimum atomic E-state index is -0.407. The number of pyridine rings is 1. The van der Waals surface area contributed by atoms with Gasteiger partial charge in [0.05, 0.1) is 11.2 Å². The van der Waals surface area contributed by atoms with E-state index in [2.05, 4.69) is 4.98 Å². The fraction of sp³-hybridized carbons (Fsp3) is 0.0833. The second kappa shape index (κ2) is 5.34. The molecule has 2 rings (SSSR count). The van der Waals surface area contributed by atoms with Crippen LogP contribution in [0.1, 0.15) is 5.56 Å². The maximum atomic E-state index is 12.8. The third kappa shape index (κ3) is 3.08. The van der Waals surface area contributed by atoms with Crippen LogP contribution in [-0.2, 0) is 5.88 Å².